The second-order valence-corrected chi connectivity index (χ2v) is 26.5. The Morgan fingerprint density at radius 3 is 1.89 bits per heavy atom. The van der Waals surface area contributed by atoms with Gasteiger partial charge in [0.25, 0.3) is 0 Å². The number of ether oxygens (including phenoxy) is 6. The fraction of sp³-hybridized carbons (Fsp3) is 0.433. The summed E-state index contributed by atoms with van der Waals surface area (Å²) in [5.74, 6) is -13.9. The first-order valence-electron chi connectivity index (χ1n) is 31.9. The van der Waals surface area contributed by atoms with Crippen LogP contribution in [0.1, 0.15) is 105 Å². The van der Waals surface area contributed by atoms with Crippen molar-refractivity contribution in [1.82, 2.24) is 37.2 Å². The topological polar surface area (TPSA) is 530 Å². The molecule has 0 saturated carbocycles. The summed E-state index contributed by atoms with van der Waals surface area (Å²) in [4.78, 5) is 114. The molecule has 6 aliphatic heterocycles. The molecule has 35 heteroatoms. The fourth-order valence-electron chi connectivity index (χ4n) is 12.3. The van der Waals surface area contributed by atoms with Gasteiger partial charge in [-0.1, -0.05) is 55.2 Å². The van der Waals surface area contributed by atoms with Crippen LogP contribution in [-0.4, -0.2) is 198 Å². The monoisotopic (exact) mass is 1460 g/mol. The van der Waals surface area contributed by atoms with Gasteiger partial charge in [0, 0.05) is 29.2 Å². The molecule has 0 spiro atoms. The molecular weight excluding hydrogens is 1390 g/mol. The zero-order valence-corrected chi connectivity index (χ0v) is 56.9. The van der Waals surface area contributed by atoms with Crippen molar-refractivity contribution in [3.8, 4) is 57.1 Å². The number of carbonyl (C=O) groups excluding carboxylic acids is 7. The average Bonchev–Trinajstić information content (AvgIpc) is 0.773. The number of carbonyl (C=O) groups is 8. The zero-order valence-electron chi connectivity index (χ0n) is 55.4. The molecule has 102 heavy (non-hydrogen) atoms. The van der Waals surface area contributed by atoms with Crippen LogP contribution in [0.2, 0.25) is 10.0 Å². The predicted molar refractivity (Wildman–Crippen MR) is 356 cm³/mol. The highest BCUT2D eigenvalue weighted by atomic mass is 35.5. The minimum Gasteiger partial charge on any atom is -0.508 e. The van der Waals surface area contributed by atoms with Crippen molar-refractivity contribution in [1.29, 1.82) is 0 Å². The van der Waals surface area contributed by atoms with E-state index in [9.17, 15) is 75.0 Å². The summed E-state index contributed by atoms with van der Waals surface area (Å²) in [6.45, 7) is 5.67. The molecule has 5 aromatic rings. The maximum absolute atomic E-state index is 16.0. The number of carboxylic acid groups (broad SMARTS) is 1. The lowest BCUT2D eigenvalue weighted by Gasteiger charge is -2.47. The minimum atomic E-state index is -2.35. The van der Waals surface area contributed by atoms with Gasteiger partial charge in [0.05, 0.1) is 41.3 Å². The lowest BCUT2D eigenvalue weighted by molar-refractivity contribution is -0.333. The number of benzene rings is 5. The quantitative estimate of drug-likeness (QED) is 0.0528. The van der Waals surface area contributed by atoms with Crippen LogP contribution in [0.3, 0.4) is 0 Å². The summed E-state index contributed by atoms with van der Waals surface area (Å²) in [5, 5.41) is 130. The molecule has 11 rings (SSSR count). The van der Waals surface area contributed by atoms with Gasteiger partial charge in [-0.05, 0) is 123 Å². The molecule has 5 aromatic carbocycles. The number of aliphatic hydroxyl groups excluding tert-OH is 6. The highest BCUT2D eigenvalue weighted by molar-refractivity contribution is 6.32. The Morgan fingerprint density at radius 1 is 0.735 bits per heavy atom. The second kappa shape index (κ2) is 32.1. The van der Waals surface area contributed by atoms with Gasteiger partial charge >= 0.3 is 5.97 Å². The number of halogens is 2. The number of aliphatic hydroxyl groups is 6. The van der Waals surface area contributed by atoms with E-state index in [0.717, 1.165) is 54.6 Å². The molecule has 6 amide bonds. The van der Waals surface area contributed by atoms with Crippen molar-refractivity contribution in [2.45, 2.75) is 156 Å². The molecule has 33 nitrogen and oxygen atoms in total. The number of nitrogens with two attached hydrogens (primary N) is 2. The van der Waals surface area contributed by atoms with Gasteiger partial charge in [0.2, 0.25) is 47.5 Å². The Kier molecular flexibility index (Phi) is 24.3. The number of hydrogen-bond donors (Lipinski definition) is 19. The number of nitrogens with one attached hydrogen (secondary N) is 7. The summed E-state index contributed by atoms with van der Waals surface area (Å²) in [6, 6.07) is 0.544. The van der Waals surface area contributed by atoms with Crippen LogP contribution in [-0.2, 0) is 52.6 Å². The number of likely N-dealkylation sites (N-methyl/N-ethyl adjacent to an activating group) is 2. The first-order valence-corrected chi connectivity index (χ1v) is 32.7. The molecule has 550 valence electrons. The highest BCUT2D eigenvalue weighted by Crippen LogP contribution is 2.50. The predicted octanol–water partition coefficient (Wildman–Crippen LogP) is 0.395. The molecule has 2 saturated heterocycles. The van der Waals surface area contributed by atoms with Crippen LogP contribution in [0.25, 0.3) is 11.1 Å². The molecule has 18 atom stereocenters. The van der Waals surface area contributed by atoms with Crippen LogP contribution in [0, 0.1) is 5.92 Å². The molecule has 7 bridgehead atoms. The smallest absolute Gasteiger partial charge is 0.325 e. The third-order valence-corrected chi connectivity index (χ3v) is 18.3. The number of fused-ring (bicyclic) bond motifs is 16. The molecular formula is C67H79Cl2N9O24. The molecule has 6 heterocycles. The summed E-state index contributed by atoms with van der Waals surface area (Å²) in [5.41, 5.74) is 8.48. The number of aliphatic carboxylic acids is 1. The van der Waals surface area contributed by atoms with Gasteiger partial charge in [0.15, 0.2) is 23.9 Å². The van der Waals surface area contributed by atoms with E-state index >= 15 is 14.4 Å². The number of aromatic hydroxyl groups is 3. The lowest BCUT2D eigenvalue weighted by Crippen LogP contribution is -2.64. The molecule has 21 N–H and O–H groups in total. The standard InChI is InChI=1S/C67H79Cl2N9O24/c1-25(2)13-36(72-5)60(90)78-52-54(86)29-9-12-42(35(69)16-29)99-44-18-30-17-43(57(44)102-66-58(56(88)55(87)45(24-80)100-66)101-47-22-67(4,71)59(89)26(3)97-47)98-41-11-8-28(15-34(41)68)53(85)38(23-79)75-62(92)49(77-63(93)50(30)76-61(91)37(21-46(70)84)74-64(52)94)27-7-10-39(82)32(14-27)48-33(51(73-6)65(95)96)19-31(81)20-40(48)83/h7-12,14-20,23,25-26,36-38,45,47,49-56,58-59,66,72-73,80-83,85-89H,13,21-22,24,71H2,1-6H3,(H2,70,84)(H,74,94)(H,75,92)(H,76,91)(H,77,93)(H,78,90)(H,95,96)/t26-,36+,37-,38+,45+,47-,49+,50+,51-,52+,53+,54+,55+,56-,58+,59+,66-,67-/m0/s1. The van der Waals surface area contributed by atoms with Crippen LogP contribution >= 0.6 is 23.2 Å². The molecule has 0 aliphatic carbocycles. The molecule has 0 aromatic heterocycles. The van der Waals surface area contributed by atoms with Gasteiger partial charge in [-0.25, -0.2) is 0 Å². The van der Waals surface area contributed by atoms with Crippen molar-refractivity contribution in [3.63, 3.8) is 0 Å². The Hall–Kier alpha value is -9.04. The van der Waals surface area contributed by atoms with Gasteiger partial charge in [-0.15, -0.1) is 0 Å². The van der Waals surface area contributed by atoms with Gasteiger partial charge < -0.3 is 133 Å². The second-order valence-electron chi connectivity index (χ2n) is 25.7. The van der Waals surface area contributed by atoms with E-state index in [0.29, 0.717) is 0 Å². The largest absolute Gasteiger partial charge is 0.508 e. The van der Waals surface area contributed by atoms with Crippen molar-refractivity contribution in [2.75, 3.05) is 20.7 Å². The number of carboxylic acids is 1. The van der Waals surface area contributed by atoms with Crippen molar-refractivity contribution in [2.24, 2.45) is 17.4 Å². The first-order chi connectivity index (χ1) is 48.2. The van der Waals surface area contributed by atoms with Crippen molar-refractivity contribution >= 4 is 70.9 Å². The Labute approximate surface area is 591 Å². The van der Waals surface area contributed by atoms with E-state index in [1.54, 1.807) is 0 Å². The first kappa shape index (κ1) is 77.1. The van der Waals surface area contributed by atoms with E-state index in [1.807, 2.05) is 13.8 Å². The number of hydrogen-bond acceptors (Lipinski definition) is 26. The van der Waals surface area contributed by atoms with E-state index in [1.165, 1.54) is 52.2 Å². The fourth-order valence-corrected chi connectivity index (χ4v) is 12.8. The zero-order chi connectivity index (χ0) is 74.7. The number of rotatable bonds is 18. The summed E-state index contributed by atoms with van der Waals surface area (Å²) >= 11 is 14.0. The Morgan fingerprint density at radius 2 is 1.33 bits per heavy atom. The summed E-state index contributed by atoms with van der Waals surface area (Å²) < 4.78 is 38.3. The Bertz CT molecular complexity index is 4020. The van der Waals surface area contributed by atoms with Crippen LogP contribution in [0.15, 0.2) is 78.9 Å². The average molecular weight is 1470 g/mol. The summed E-state index contributed by atoms with van der Waals surface area (Å²) in [7, 11) is 2.71. The number of primary amides is 1. The van der Waals surface area contributed by atoms with Crippen LogP contribution in [0.4, 0.5) is 0 Å². The van der Waals surface area contributed by atoms with Gasteiger partial charge in [-0.3, -0.25) is 33.6 Å². The van der Waals surface area contributed by atoms with Gasteiger partial charge in [0.1, 0.15) is 102 Å². The number of phenolic OH excluding ortho intramolecular Hbond substituents is 3. The maximum atomic E-state index is 16.0. The van der Waals surface area contributed by atoms with E-state index in [-0.39, 0.29) is 68.8 Å². The third kappa shape index (κ3) is 16.9. The maximum Gasteiger partial charge on any atom is 0.325 e. The summed E-state index contributed by atoms with van der Waals surface area (Å²) in [6.07, 6.45) is -18.1. The van der Waals surface area contributed by atoms with E-state index in [4.69, 9.17) is 63.1 Å². The molecule has 0 unspecified atom stereocenters. The van der Waals surface area contributed by atoms with Crippen molar-refractivity contribution < 1.29 is 118 Å². The van der Waals surface area contributed by atoms with E-state index in [2.05, 4.69) is 37.2 Å². The molecule has 6 aliphatic rings. The van der Waals surface area contributed by atoms with Crippen molar-refractivity contribution in [3.05, 3.63) is 117 Å². The number of phenols is 3. The number of aldehydes is 1. The SMILES string of the molecule is CN[C@H](C(=O)O)c1cc(O)cc(O)c1-c1cc([C@H]2NC(=O)[C@@H]3NC(=O)[C@H](CC(N)=O)NC(=O)[C@H](NC(=O)[C@@H](CC(C)C)NC)[C@H](O)c4ccc(c(Cl)c4)Oc4cc3cc(c4O[C@@H]3O[C@H](CO)[C@@H](O)[C@H](O)[C@H]3O[C@H]3C[C@](C)(N)[C@H](O)[C@H](C)O3)Oc3ccc(cc3Cl)[C@@H](O)[C@@H](C=O)NC2=O)ccc1O. The lowest BCUT2D eigenvalue weighted by atomic mass is 9.86. The minimum absolute atomic E-state index is 0.0992. The highest BCUT2D eigenvalue weighted by Gasteiger charge is 2.51. The Balaban J connectivity index is 1.32. The normalized spacial score (nSPS) is 28.3. The molecule has 0 radical (unpaired) electrons. The van der Waals surface area contributed by atoms with Crippen LogP contribution in [0.5, 0.6) is 46.0 Å². The third-order valence-electron chi connectivity index (χ3n) is 17.7. The van der Waals surface area contributed by atoms with Gasteiger partial charge in [-0.2, -0.15) is 0 Å². The van der Waals surface area contributed by atoms with Crippen LogP contribution < -0.4 is 62.9 Å². The van der Waals surface area contributed by atoms with E-state index < -0.39 is 215 Å². The molecule has 2 fully saturated rings. The number of amides is 6.